The summed E-state index contributed by atoms with van der Waals surface area (Å²) in [6, 6.07) is 15.2. The lowest BCUT2D eigenvalue weighted by molar-refractivity contribution is 0.123. The Balaban J connectivity index is 2.04. The van der Waals surface area contributed by atoms with Gasteiger partial charge in [-0.25, -0.2) is 4.39 Å². The molecule has 2 aromatic carbocycles. The van der Waals surface area contributed by atoms with Crippen LogP contribution in [0.3, 0.4) is 0 Å². The lowest BCUT2D eigenvalue weighted by Gasteiger charge is -2.26. The molecule has 0 spiro atoms. The second-order valence-electron chi connectivity index (χ2n) is 6.88. The third-order valence-electron chi connectivity index (χ3n) is 4.40. The van der Waals surface area contributed by atoms with Crippen LogP contribution in [0.15, 0.2) is 48.5 Å². The molecule has 148 valence electrons. The van der Waals surface area contributed by atoms with Crippen molar-refractivity contribution in [2.45, 2.75) is 31.5 Å². The Bertz CT molecular complexity index is 629. The van der Waals surface area contributed by atoms with Gasteiger partial charge >= 0.3 is 0 Å². The van der Waals surface area contributed by atoms with Gasteiger partial charge < -0.3 is 19.7 Å². The van der Waals surface area contributed by atoms with Crippen LogP contribution in [-0.4, -0.2) is 48.2 Å². The maximum absolute atomic E-state index is 13.1. The molecule has 0 fully saturated rings. The molecule has 4 nitrogen and oxygen atoms in total. The summed E-state index contributed by atoms with van der Waals surface area (Å²) in [5.41, 5.74) is 1.94. The Morgan fingerprint density at radius 2 is 1.37 bits per heavy atom. The number of benzene rings is 2. The Morgan fingerprint density at radius 1 is 0.926 bits per heavy atom. The fraction of sp³-hybridized carbons (Fsp3) is 0.429. The standard InChI is InChI=1S/C21H26ClFO4/c1-21(2,15-3-7-19(8-4-15)26-13-17(23)12-24)16-5-9-20(10-6-16)27-14-18(25)11-22/h3-10,17-18,24-25H,11-14H2,1-2H3/t17-,18-/m1/s1. The summed E-state index contributed by atoms with van der Waals surface area (Å²) >= 11 is 5.56. The molecular formula is C21H26ClFO4. The normalized spacial score (nSPS) is 13.9. The van der Waals surface area contributed by atoms with Crippen LogP contribution < -0.4 is 9.47 Å². The van der Waals surface area contributed by atoms with Crippen LogP contribution in [0.25, 0.3) is 0 Å². The van der Waals surface area contributed by atoms with E-state index in [0.717, 1.165) is 11.1 Å². The van der Waals surface area contributed by atoms with E-state index >= 15 is 0 Å². The summed E-state index contributed by atoms with van der Waals surface area (Å²) in [6.45, 7) is 3.66. The van der Waals surface area contributed by atoms with Crippen LogP contribution in [0.4, 0.5) is 4.39 Å². The Hall–Kier alpha value is -1.82. The quantitative estimate of drug-likeness (QED) is 0.601. The molecule has 2 atom stereocenters. The van der Waals surface area contributed by atoms with Gasteiger partial charge in [0.05, 0.1) is 12.5 Å². The van der Waals surface area contributed by atoms with Crippen molar-refractivity contribution in [3.05, 3.63) is 59.7 Å². The SMILES string of the molecule is CC(C)(c1ccc(OC[C@H](O)CCl)cc1)c1ccc(OC[C@H](F)CO)cc1. The van der Waals surface area contributed by atoms with Crippen molar-refractivity contribution >= 4 is 11.6 Å². The van der Waals surface area contributed by atoms with Gasteiger partial charge in [-0.2, -0.15) is 0 Å². The van der Waals surface area contributed by atoms with E-state index in [4.69, 9.17) is 26.2 Å². The van der Waals surface area contributed by atoms with Crippen molar-refractivity contribution in [3.63, 3.8) is 0 Å². The number of halogens is 2. The van der Waals surface area contributed by atoms with Crippen LogP contribution in [0.2, 0.25) is 0 Å². The number of hydrogen-bond donors (Lipinski definition) is 2. The van der Waals surface area contributed by atoms with Gasteiger partial charge in [0.25, 0.3) is 0 Å². The molecule has 0 aromatic heterocycles. The number of alkyl halides is 2. The zero-order valence-corrected chi connectivity index (χ0v) is 16.3. The van der Waals surface area contributed by atoms with Gasteiger partial charge in [-0.05, 0) is 35.4 Å². The van der Waals surface area contributed by atoms with Crippen molar-refractivity contribution in [2.75, 3.05) is 25.7 Å². The van der Waals surface area contributed by atoms with Crippen LogP contribution in [-0.2, 0) is 5.41 Å². The van der Waals surface area contributed by atoms with E-state index in [0.29, 0.717) is 11.5 Å². The molecule has 0 heterocycles. The van der Waals surface area contributed by atoms with Crippen LogP contribution in [0.5, 0.6) is 11.5 Å². The summed E-state index contributed by atoms with van der Waals surface area (Å²) in [5.74, 6) is 1.37. The second kappa shape index (κ2) is 9.93. The molecular weight excluding hydrogens is 371 g/mol. The molecule has 0 saturated carbocycles. The van der Waals surface area contributed by atoms with E-state index in [2.05, 4.69) is 13.8 Å². The largest absolute Gasteiger partial charge is 0.491 e. The molecule has 2 N–H and O–H groups in total. The number of rotatable bonds is 10. The molecule has 27 heavy (non-hydrogen) atoms. The van der Waals surface area contributed by atoms with E-state index in [-0.39, 0.29) is 24.5 Å². The zero-order valence-electron chi connectivity index (χ0n) is 15.6. The predicted octanol–water partition coefficient (Wildman–Crippen LogP) is 3.70. The van der Waals surface area contributed by atoms with E-state index in [9.17, 15) is 9.50 Å². The topological polar surface area (TPSA) is 58.9 Å². The molecule has 0 amide bonds. The number of aliphatic hydroxyl groups is 2. The minimum Gasteiger partial charge on any atom is -0.491 e. The zero-order chi connectivity index (χ0) is 19.9. The fourth-order valence-electron chi connectivity index (χ4n) is 2.58. The number of aliphatic hydroxyl groups excluding tert-OH is 2. The maximum Gasteiger partial charge on any atom is 0.157 e. The molecule has 0 aliphatic carbocycles. The molecule has 6 heteroatoms. The highest BCUT2D eigenvalue weighted by Gasteiger charge is 2.23. The molecule has 0 radical (unpaired) electrons. The molecule has 0 bridgehead atoms. The second-order valence-corrected chi connectivity index (χ2v) is 7.19. The third kappa shape index (κ3) is 6.09. The summed E-state index contributed by atoms with van der Waals surface area (Å²) in [5, 5.41) is 18.2. The highest BCUT2D eigenvalue weighted by Crippen LogP contribution is 2.33. The van der Waals surface area contributed by atoms with Crippen LogP contribution in [0.1, 0.15) is 25.0 Å². The molecule has 2 aromatic rings. The first-order valence-corrected chi connectivity index (χ1v) is 9.36. The van der Waals surface area contributed by atoms with Crippen LogP contribution in [0, 0.1) is 0 Å². The van der Waals surface area contributed by atoms with E-state index in [1.807, 2.05) is 36.4 Å². The number of hydrogen-bond acceptors (Lipinski definition) is 4. The first kappa shape index (κ1) is 21.5. The van der Waals surface area contributed by atoms with Gasteiger partial charge in [-0.15, -0.1) is 11.6 Å². The lowest BCUT2D eigenvalue weighted by Crippen LogP contribution is -2.20. The van der Waals surface area contributed by atoms with Crippen molar-refractivity contribution < 1.29 is 24.1 Å². The predicted molar refractivity (Wildman–Crippen MR) is 105 cm³/mol. The van der Waals surface area contributed by atoms with Crippen molar-refractivity contribution in [1.82, 2.24) is 0 Å². The summed E-state index contributed by atoms with van der Waals surface area (Å²) in [7, 11) is 0. The lowest BCUT2D eigenvalue weighted by atomic mass is 9.78. The Kier molecular flexibility index (Phi) is 7.90. The van der Waals surface area contributed by atoms with Gasteiger partial charge in [0, 0.05) is 5.41 Å². The van der Waals surface area contributed by atoms with Gasteiger partial charge in [0.2, 0.25) is 0 Å². The van der Waals surface area contributed by atoms with Crippen molar-refractivity contribution in [2.24, 2.45) is 0 Å². The highest BCUT2D eigenvalue weighted by molar-refractivity contribution is 6.18. The maximum atomic E-state index is 13.1. The Morgan fingerprint density at radius 3 is 1.78 bits per heavy atom. The molecule has 0 aliphatic heterocycles. The minimum absolute atomic E-state index is 0.136. The highest BCUT2D eigenvalue weighted by atomic mass is 35.5. The van der Waals surface area contributed by atoms with Gasteiger partial charge in [0.1, 0.15) is 30.8 Å². The van der Waals surface area contributed by atoms with Crippen molar-refractivity contribution in [1.29, 1.82) is 0 Å². The van der Waals surface area contributed by atoms with Crippen molar-refractivity contribution in [3.8, 4) is 11.5 Å². The van der Waals surface area contributed by atoms with Gasteiger partial charge in [-0.3, -0.25) is 0 Å². The average molecular weight is 397 g/mol. The molecule has 0 saturated heterocycles. The van der Waals surface area contributed by atoms with Gasteiger partial charge in [-0.1, -0.05) is 38.1 Å². The molecule has 2 rings (SSSR count). The minimum atomic E-state index is -1.38. The summed E-state index contributed by atoms with van der Waals surface area (Å²) in [4.78, 5) is 0. The number of ether oxygens (including phenoxy) is 2. The van der Waals surface area contributed by atoms with E-state index < -0.39 is 18.9 Å². The Labute approximate surface area is 164 Å². The summed E-state index contributed by atoms with van der Waals surface area (Å²) < 4.78 is 23.9. The first-order valence-electron chi connectivity index (χ1n) is 8.82. The van der Waals surface area contributed by atoms with E-state index in [1.165, 1.54) is 0 Å². The first-order chi connectivity index (χ1) is 12.9. The smallest absolute Gasteiger partial charge is 0.157 e. The summed E-state index contributed by atoms with van der Waals surface area (Å²) in [6.07, 6.45) is -2.07. The molecule has 0 unspecified atom stereocenters. The fourth-order valence-corrected chi connectivity index (χ4v) is 2.67. The van der Waals surface area contributed by atoms with Crippen LogP contribution >= 0.6 is 11.6 Å². The third-order valence-corrected chi connectivity index (χ3v) is 4.76. The molecule has 0 aliphatic rings. The monoisotopic (exact) mass is 396 g/mol. The van der Waals surface area contributed by atoms with Gasteiger partial charge in [0.15, 0.2) is 6.17 Å². The average Bonchev–Trinajstić information content (AvgIpc) is 2.70. The van der Waals surface area contributed by atoms with E-state index in [1.54, 1.807) is 12.1 Å².